The molecule has 3 fully saturated rings. The van der Waals surface area contributed by atoms with Crippen molar-refractivity contribution in [2.24, 2.45) is 11.8 Å². The van der Waals surface area contributed by atoms with E-state index in [9.17, 15) is 33.0 Å². The number of fused-ring (bicyclic) bond motifs is 5. The molecule has 10 heteroatoms. The molecule has 4 rings (SSSR count). The topological polar surface area (TPSA) is 111 Å². The fourth-order valence-electron chi connectivity index (χ4n) is 5.07. The van der Waals surface area contributed by atoms with Crippen molar-refractivity contribution in [3.8, 4) is 6.07 Å². The number of carbonyl (C=O) groups is 2. The number of nitriles is 1. The second-order valence-electron chi connectivity index (χ2n) is 7.85. The number of ether oxygens (including phenoxy) is 1. The zero-order valence-corrected chi connectivity index (χ0v) is 15.2. The lowest BCUT2D eigenvalue weighted by Gasteiger charge is -2.33. The number of amides is 2. The zero-order chi connectivity index (χ0) is 21.4. The van der Waals surface area contributed by atoms with Crippen LogP contribution in [0, 0.1) is 23.2 Å². The van der Waals surface area contributed by atoms with E-state index in [0.717, 1.165) is 12.1 Å². The predicted molar refractivity (Wildman–Crippen MR) is 90.2 cm³/mol. The molecule has 1 aromatic rings. The van der Waals surface area contributed by atoms with Crippen molar-refractivity contribution in [2.75, 3.05) is 11.5 Å². The van der Waals surface area contributed by atoms with Gasteiger partial charge in [0.1, 0.15) is 5.60 Å². The minimum atomic E-state index is -4.84. The van der Waals surface area contributed by atoms with Gasteiger partial charge in [0, 0.05) is 19.4 Å². The summed E-state index contributed by atoms with van der Waals surface area (Å²) >= 11 is 0. The molecule has 5 atom stereocenters. The lowest BCUT2D eigenvalue weighted by Crippen LogP contribution is -2.49. The van der Waals surface area contributed by atoms with Gasteiger partial charge in [0.25, 0.3) is 0 Å². The number of nitrogens with zero attached hydrogens (tertiary/aromatic N) is 2. The standard InChI is InChI=1S/C19H17F3N2O5/c1-17-12(26)7-18(29-17,4-5-25)14-13(17)15(27)24(16(14)28)10-3-2-9(8-23)11(6-10)19(20,21)22/h2-3,6,12-14,25-26H,4-5,7H2,1H3. The number of halogens is 3. The first-order chi connectivity index (χ1) is 13.5. The van der Waals surface area contributed by atoms with Crippen LogP contribution in [0.25, 0.3) is 0 Å². The van der Waals surface area contributed by atoms with Gasteiger partial charge in [0.2, 0.25) is 11.8 Å². The van der Waals surface area contributed by atoms with Crippen molar-refractivity contribution < 1.29 is 37.7 Å². The molecule has 0 aliphatic carbocycles. The van der Waals surface area contributed by atoms with Crippen molar-refractivity contribution in [3.05, 3.63) is 29.3 Å². The maximum Gasteiger partial charge on any atom is 0.417 e. The van der Waals surface area contributed by atoms with Gasteiger partial charge in [-0.3, -0.25) is 9.59 Å². The first kappa shape index (κ1) is 19.8. The molecule has 7 nitrogen and oxygen atoms in total. The fraction of sp³-hybridized carbons (Fsp3) is 0.526. The minimum absolute atomic E-state index is 0.00878. The summed E-state index contributed by atoms with van der Waals surface area (Å²) in [6.45, 7) is 1.15. The Bertz CT molecular complexity index is 958. The van der Waals surface area contributed by atoms with Crippen LogP contribution in [0.5, 0.6) is 0 Å². The van der Waals surface area contributed by atoms with Crippen LogP contribution in [-0.4, -0.2) is 45.9 Å². The maximum absolute atomic E-state index is 13.3. The highest BCUT2D eigenvalue weighted by atomic mass is 19.4. The van der Waals surface area contributed by atoms with Crippen LogP contribution in [-0.2, 0) is 20.5 Å². The van der Waals surface area contributed by atoms with Crippen molar-refractivity contribution in [3.63, 3.8) is 0 Å². The first-order valence-corrected chi connectivity index (χ1v) is 8.98. The molecule has 154 valence electrons. The van der Waals surface area contributed by atoms with E-state index in [4.69, 9.17) is 10.00 Å². The van der Waals surface area contributed by atoms with E-state index in [2.05, 4.69) is 0 Å². The predicted octanol–water partition coefficient (Wildman–Crippen LogP) is 1.36. The van der Waals surface area contributed by atoms with Crippen molar-refractivity contribution in [2.45, 2.75) is 43.2 Å². The number of rotatable bonds is 3. The van der Waals surface area contributed by atoms with Crippen LogP contribution >= 0.6 is 0 Å². The Balaban J connectivity index is 1.81. The molecule has 2 amide bonds. The number of benzene rings is 1. The van der Waals surface area contributed by atoms with Crippen LogP contribution in [0.15, 0.2) is 18.2 Å². The quantitative estimate of drug-likeness (QED) is 0.728. The average Bonchev–Trinajstić information content (AvgIpc) is 3.16. The smallest absolute Gasteiger partial charge is 0.396 e. The van der Waals surface area contributed by atoms with Crippen LogP contribution in [0.2, 0.25) is 0 Å². The summed E-state index contributed by atoms with van der Waals surface area (Å²) in [5.74, 6) is -3.59. The first-order valence-electron chi connectivity index (χ1n) is 8.98. The zero-order valence-electron chi connectivity index (χ0n) is 15.2. The van der Waals surface area contributed by atoms with Crippen LogP contribution in [0.3, 0.4) is 0 Å². The maximum atomic E-state index is 13.3. The molecule has 0 saturated carbocycles. The summed E-state index contributed by atoms with van der Waals surface area (Å²) in [6.07, 6.45) is -5.85. The van der Waals surface area contributed by atoms with Gasteiger partial charge in [-0.2, -0.15) is 18.4 Å². The van der Waals surface area contributed by atoms with Crippen LogP contribution in [0.4, 0.5) is 18.9 Å². The summed E-state index contributed by atoms with van der Waals surface area (Å²) < 4.78 is 45.8. The van der Waals surface area contributed by atoms with Gasteiger partial charge in [0.15, 0.2) is 0 Å². The highest BCUT2D eigenvalue weighted by molar-refractivity contribution is 6.23. The van der Waals surface area contributed by atoms with Gasteiger partial charge in [-0.25, -0.2) is 4.90 Å². The number of aliphatic hydroxyl groups excluding tert-OH is 2. The lowest BCUT2D eigenvalue weighted by atomic mass is 9.66. The number of hydrogen-bond acceptors (Lipinski definition) is 6. The van der Waals surface area contributed by atoms with Gasteiger partial charge < -0.3 is 14.9 Å². The Morgan fingerprint density at radius 1 is 1.31 bits per heavy atom. The molecule has 0 aromatic heterocycles. The van der Waals surface area contributed by atoms with Gasteiger partial charge in [-0.1, -0.05) is 0 Å². The number of alkyl halides is 3. The molecule has 3 aliphatic rings. The number of hydrogen-bond donors (Lipinski definition) is 2. The van der Waals surface area contributed by atoms with E-state index in [1.807, 2.05) is 0 Å². The molecule has 0 radical (unpaired) electrons. The Labute approximate surface area is 163 Å². The third kappa shape index (κ3) is 2.48. The molecule has 1 aromatic carbocycles. The summed E-state index contributed by atoms with van der Waals surface area (Å²) in [4.78, 5) is 26.9. The summed E-state index contributed by atoms with van der Waals surface area (Å²) in [5.41, 5.74) is -4.79. The number of imide groups is 1. The van der Waals surface area contributed by atoms with Gasteiger partial charge in [0.05, 0.1) is 46.4 Å². The number of aliphatic hydroxyl groups is 2. The molecule has 0 spiro atoms. The largest absolute Gasteiger partial charge is 0.417 e. The monoisotopic (exact) mass is 410 g/mol. The number of anilines is 1. The Hall–Kier alpha value is -2.48. The molecule has 3 heterocycles. The van der Waals surface area contributed by atoms with Crippen molar-refractivity contribution >= 4 is 17.5 Å². The average molecular weight is 410 g/mol. The molecule has 5 unspecified atom stereocenters. The van der Waals surface area contributed by atoms with Gasteiger partial charge in [-0.15, -0.1) is 0 Å². The third-order valence-corrected chi connectivity index (χ3v) is 6.34. The normalized spacial score (nSPS) is 35.9. The molecule has 2 bridgehead atoms. The Kier molecular flexibility index (Phi) is 4.11. The SMILES string of the molecule is CC12OC(CCO)(CC1O)C1C(=O)N(c3ccc(C#N)c(C(F)(F)F)c3)C(=O)C12. The Morgan fingerprint density at radius 2 is 1.97 bits per heavy atom. The second kappa shape index (κ2) is 6.01. The highest BCUT2D eigenvalue weighted by Gasteiger charge is 2.76. The molecular weight excluding hydrogens is 393 g/mol. The summed E-state index contributed by atoms with van der Waals surface area (Å²) in [5, 5.41) is 28.8. The van der Waals surface area contributed by atoms with Crippen molar-refractivity contribution in [1.82, 2.24) is 0 Å². The lowest BCUT2D eigenvalue weighted by molar-refractivity contribution is -0.138. The van der Waals surface area contributed by atoms with Gasteiger partial charge >= 0.3 is 6.18 Å². The van der Waals surface area contributed by atoms with E-state index in [-0.39, 0.29) is 25.1 Å². The molecule has 3 aliphatic heterocycles. The highest BCUT2D eigenvalue weighted by Crippen LogP contribution is 2.62. The van der Waals surface area contributed by atoms with Crippen LogP contribution < -0.4 is 4.90 Å². The van der Waals surface area contributed by atoms with Crippen LogP contribution in [0.1, 0.15) is 30.9 Å². The van der Waals surface area contributed by atoms with E-state index in [1.165, 1.54) is 13.0 Å². The third-order valence-electron chi connectivity index (χ3n) is 6.34. The van der Waals surface area contributed by atoms with Crippen molar-refractivity contribution in [1.29, 1.82) is 5.26 Å². The summed E-state index contributed by atoms with van der Waals surface area (Å²) in [6, 6.07) is 4.09. The fourth-order valence-corrected chi connectivity index (χ4v) is 5.07. The molecular formula is C19H17F3N2O5. The number of carbonyl (C=O) groups excluding carboxylic acids is 2. The Morgan fingerprint density at radius 3 is 2.55 bits per heavy atom. The van der Waals surface area contributed by atoms with Gasteiger partial charge in [-0.05, 0) is 25.1 Å². The second-order valence-corrected chi connectivity index (χ2v) is 7.85. The van der Waals surface area contributed by atoms with E-state index < -0.39 is 58.3 Å². The molecule has 29 heavy (non-hydrogen) atoms. The van der Waals surface area contributed by atoms with E-state index >= 15 is 0 Å². The van der Waals surface area contributed by atoms with E-state index in [1.54, 1.807) is 0 Å². The molecule has 2 N–H and O–H groups in total. The minimum Gasteiger partial charge on any atom is -0.396 e. The molecule has 3 saturated heterocycles. The van der Waals surface area contributed by atoms with E-state index in [0.29, 0.717) is 11.0 Å². The summed E-state index contributed by atoms with van der Waals surface area (Å²) in [7, 11) is 0.